The molecule has 0 aliphatic carbocycles. The Morgan fingerprint density at radius 2 is 1.04 bits per heavy atom. The van der Waals surface area contributed by atoms with Crippen LogP contribution in [0.4, 0.5) is 5.69 Å². The first kappa shape index (κ1) is 28.8. The smallest absolute Gasteiger partial charge is 0.188 e. The number of nitrogens with zero attached hydrogens (tertiary/aromatic N) is 5. The van der Waals surface area contributed by atoms with Crippen LogP contribution in [-0.2, 0) is 0 Å². The van der Waals surface area contributed by atoms with Gasteiger partial charge in [0.2, 0.25) is 0 Å². The van der Waals surface area contributed by atoms with Crippen LogP contribution in [0.25, 0.3) is 82.1 Å². The summed E-state index contributed by atoms with van der Waals surface area (Å²) >= 11 is 0. The van der Waals surface area contributed by atoms with E-state index in [1.165, 1.54) is 10.8 Å². The van der Waals surface area contributed by atoms with Crippen molar-refractivity contribution in [2.75, 3.05) is 0 Å². The molecule has 50 heavy (non-hydrogen) atoms. The van der Waals surface area contributed by atoms with Gasteiger partial charge in [0.15, 0.2) is 5.69 Å². The summed E-state index contributed by atoms with van der Waals surface area (Å²) in [6.07, 6.45) is 0. The second-order valence-electron chi connectivity index (χ2n) is 12.3. The third kappa shape index (κ3) is 4.31. The number of aromatic nitrogens is 2. The third-order valence-electron chi connectivity index (χ3n) is 9.62. The van der Waals surface area contributed by atoms with Crippen molar-refractivity contribution in [3.63, 3.8) is 0 Å². The highest BCUT2D eigenvalue weighted by molar-refractivity contribution is 6.11. The fourth-order valence-electron chi connectivity index (χ4n) is 7.46. The molecule has 2 heterocycles. The standard InChI is InChI=1S/C45H25N5/c1-48-31-19-23-45-40(26-31)39-24-29(27-46)18-22-44(39)49(45)32-20-21-33(30(25-32)28-47)34-10-2-3-11-35(34)36-12-4-7-15-41(36)50-42-16-8-5-13-37(42)38-14-6-9-17-43(38)50/h2-26H. The van der Waals surface area contributed by atoms with Crippen molar-refractivity contribution in [1.29, 1.82) is 10.5 Å². The predicted molar refractivity (Wildman–Crippen MR) is 202 cm³/mol. The molecule has 0 radical (unpaired) electrons. The molecule has 7 aromatic carbocycles. The maximum absolute atomic E-state index is 10.6. The Hall–Kier alpha value is -7.39. The summed E-state index contributed by atoms with van der Waals surface area (Å²) in [5, 5.41) is 24.4. The molecule has 0 unspecified atom stereocenters. The molecule has 0 fully saturated rings. The molecule has 5 heteroatoms. The molecule has 9 rings (SSSR count). The van der Waals surface area contributed by atoms with Gasteiger partial charge in [-0.3, -0.25) is 0 Å². The zero-order valence-electron chi connectivity index (χ0n) is 26.7. The van der Waals surface area contributed by atoms with Gasteiger partial charge >= 0.3 is 0 Å². The maximum atomic E-state index is 10.6. The number of nitriles is 2. The number of para-hydroxylation sites is 3. The first-order valence-corrected chi connectivity index (χ1v) is 16.3. The highest BCUT2D eigenvalue weighted by Gasteiger charge is 2.20. The van der Waals surface area contributed by atoms with Gasteiger partial charge in [-0.2, -0.15) is 10.5 Å². The Kier molecular flexibility index (Phi) is 6.56. The summed E-state index contributed by atoms with van der Waals surface area (Å²) in [5.41, 5.74) is 11.5. The van der Waals surface area contributed by atoms with Crippen LogP contribution in [0, 0.1) is 29.2 Å². The van der Waals surface area contributed by atoms with Crippen LogP contribution in [0.5, 0.6) is 0 Å². The Morgan fingerprint density at radius 3 is 1.72 bits per heavy atom. The Morgan fingerprint density at radius 1 is 0.460 bits per heavy atom. The minimum Gasteiger partial charge on any atom is -0.309 e. The summed E-state index contributed by atoms with van der Waals surface area (Å²) in [6, 6.07) is 55.7. The molecule has 0 atom stereocenters. The summed E-state index contributed by atoms with van der Waals surface area (Å²) in [5.74, 6) is 0. The van der Waals surface area contributed by atoms with Crippen LogP contribution >= 0.6 is 0 Å². The molecule has 0 saturated carbocycles. The third-order valence-corrected chi connectivity index (χ3v) is 9.62. The minimum absolute atomic E-state index is 0.532. The lowest BCUT2D eigenvalue weighted by atomic mass is 9.91. The van der Waals surface area contributed by atoms with Crippen molar-refractivity contribution >= 4 is 49.3 Å². The molecule has 2 aromatic heterocycles. The second-order valence-corrected chi connectivity index (χ2v) is 12.3. The van der Waals surface area contributed by atoms with Gasteiger partial charge in [-0.15, -0.1) is 0 Å². The summed E-state index contributed by atoms with van der Waals surface area (Å²) in [7, 11) is 0. The molecule has 0 saturated heterocycles. The quantitative estimate of drug-likeness (QED) is 0.181. The zero-order valence-corrected chi connectivity index (χ0v) is 26.7. The van der Waals surface area contributed by atoms with E-state index in [9.17, 15) is 10.5 Å². The van der Waals surface area contributed by atoms with E-state index in [4.69, 9.17) is 6.57 Å². The fourth-order valence-corrected chi connectivity index (χ4v) is 7.46. The summed E-state index contributed by atoms with van der Waals surface area (Å²) < 4.78 is 4.44. The first-order chi connectivity index (χ1) is 24.7. The van der Waals surface area contributed by atoms with E-state index >= 15 is 0 Å². The van der Waals surface area contributed by atoms with Crippen LogP contribution in [0.2, 0.25) is 0 Å². The lowest BCUT2D eigenvalue weighted by Gasteiger charge is -2.18. The summed E-state index contributed by atoms with van der Waals surface area (Å²) in [4.78, 5) is 3.64. The van der Waals surface area contributed by atoms with Gasteiger partial charge in [-0.05, 0) is 77.2 Å². The van der Waals surface area contributed by atoms with Crippen molar-refractivity contribution < 1.29 is 0 Å². The summed E-state index contributed by atoms with van der Waals surface area (Å²) in [6.45, 7) is 7.57. The molecule has 0 bridgehead atoms. The van der Waals surface area contributed by atoms with Crippen molar-refractivity contribution in [3.05, 3.63) is 174 Å². The zero-order chi connectivity index (χ0) is 33.8. The van der Waals surface area contributed by atoms with Crippen molar-refractivity contribution in [1.82, 2.24) is 9.13 Å². The van der Waals surface area contributed by atoms with Crippen LogP contribution in [0.15, 0.2) is 152 Å². The first-order valence-electron chi connectivity index (χ1n) is 16.3. The number of hydrogen-bond donors (Lipinski definition) is 0. The average molecular weight is 636 g/mol. The molecule has 0 spiro atoms. The Balaban J connectivity index is 1.24. The second kappa shape index (κ2) is 11.4. The molecular weight excluding hydrogens is 611 g/mol. The number of fused-ring (bicyclic) bond motifs is 6. The molecular formula is C45H25N5. The lowest BCUT2D eigenvalue weighted by Crippen LogP contribution is -1.99. The van der Waals surface area contributed by atoms with Crippen LogP contribution < -0.4 is 0 Å². The van der Waals surface area contributed by atoms with Gasteiger partial charge in [0.05, 0.1) is 57.6 Å². The van der Waals surface area contributed by atoms with E-state index in [2.05, 4.69) is 111 Å². The van der Waals surface area contributed by atoms with E-state index in [-0.39, 0.29) is 0 Å². The Labute approximate surface area is 288 Å². The highest BCUT2D eigenvalue weighted by atomic mass is 15.0. The van der Waals surface area contributed by atoms with E-state index in [0.717, 1.165) is 66.5 Å². The number of rotatable bonds is 4. The van der Waals surface area contributed by atoms with Gasteiger partial charge in [-0.1, -0.05) is 91.0 Å². The molecule has 230 valence electrons. The lowest BCUT2D eigenvalue weighted by molar-refractivity contribution is 1.18. The van der Waals surface area contributed by atoms with Gasteiger partial charge in [0, 0.05) is 33.0 Å². The van der Waals surface area contributed by atoms with Crippen molar-refractivity contribution in [3.8, 4) is 45.8 Å². The van der Waals surface area contributed by atoms with Crippen LogP contribution in [-0.4, -0.2) is 9.13 Å². The van der Waals surface area contributed by atoms with Gasteiger partial charge < -0.3 is 9.13 Å². The van der Waals surface area contributed by atoms with Crippen molar-refractivity contribution in [2.24, 2.45) is 0 Å². The highest BCUT2D eigenvalue weighted by Crippen LogP contribution is 2.41. The van der Waals surface area contributed by atoms with Crippen LogP contribution in [0.1, 0.15) is 11.1 Å². The molecule has 0 aliphatic rings. The van der Waals surface area contributed by atoms with E-state index in [1.54, 1.807) is 12.1 Å². The SMILES string of the molecule is [C-]#[N+]c1ccc2c(c1)c1cc(C#N)ccc1n2-c1ccc(-c2ccccc2-c2ccccc2-n2c3ccccc3c3ccccc32)c(C#N)c1. The topological polar surface area (TPSA) is 61.8 Å². The van der Waals surface area contributed by atoms with E-state index < -0.39 is 0 Å². The van der Waals surface area contributed by atoms with Gasteiger partial charge in [0.1, 0.15) is 0 Å². The average Bonchev–Trinajstić information content (AvgIpc) is 3.69. The molecule has 0 amide bonds. The van der Waals surface area contributed by atoms with Crippen molar-refractivity contribution in [2.45, 2.75) is 0 Å². The molecule has 0 N–H and O–H groups in total. The monoisotopic (exact) mass is 635 g/mol. The van der Waals surface area contributed by atoms with Crippen LogP contribution in [0.3, 0.4) is 0 Å². The van der Waals surface area contributed by atoms with E-state index in [1.807, 2.05) is 54.6 Å². The Bertz CT molecular complexity index is 2850. The molecule has 5 nitrogen and oxygen atoms in total. The van der Waals surface area contributed by atoms with Gasteiger partial charge in [-0.25, -0.2) is 4.85 Å². The fraction of sp³-hybridized carbons (Fsp3) is 0. The molecule has 0 aliphatic heterocycles. The largest absolute Gasteiger partial charge is 0.309 e. The number of hydrogen-bond acceptors (Lipinski definition) is 2. The normalized spacial score (nSPS) is 11.1. The number of benzene rings is 7. The maximum Gasteiger partial charge on any atom is 0.188 e. The van der Waals surface area contributed by atoms with Gasteiger partial charge in [0.25, 0.3) is 0 Å². The molecule has 9 aromatic rings. The van der Waals surface area contributed by atoms with E-state index in [0.29, 0.717) is 16.8 Å². The minimum atomic E-state index is 0.532. The predicted octanol–water partition coefficient (Wildman–Crippen LogP) is 11.5.